The second kappa shape index (κ2) is 5.54. The zero-order chi connectivity index (χ0) is 13.2. The highest BCUT2D eigenvalue weighted by Gasteiger charge is 2.31. The Kier molecular flexibility index (Phi) is 3.79. The van der Waals surface area contributed by atoms with Crippen molar-refractivity contribution in [1.82, 2.24) is 5.32 Å². The van der Waals surface area contributed by atoms with Gasteiger partial charge in [-0.25, -0.2) is 0 Å². The van der Waals surface area contributed by atoms with E-state index in [9.17, 15) is 0 Å². The van der Waals surface area contributed by atoms with Crippen LogP contribution in [0.25, 0.3) is 0 Å². The maximum Gasteiger partial charge on any atom is 0.122 e. The fraction of sp³-hybridized carbons (Fsp3) is 0.647. The first-order valence-corrected chi connectivity index (χ1v) is 7.78. The van der Waals surface area contributed by atoms with Crippen molar-refractivity contribution in [2.75, 3.05) is 13.2 Å². The third-order valence-electron chi connectivity index (χ3n) is 4.85. The van der Waals surface area contributed by atoms with Crippen molar-refractivity contribution in [2.45, 2.75) is 45.6 Å². The summed E-state index contributed by atoms with van der Waals surface area (Å²) in [5.41, 5.74) is 2.86. The number of benzene rings is 1. The Bertz CT molecular complexity index is 443. The fourth-order valence-corrected chi connectivity index (χ4v) is 3.81. The van der Waals surface area contributed by atoms with Gasteiger partial charge in [-0.2, -0.15) is 0 Å². The van der Waals surface area contributed by atoms with E-state index in [1.807, 2.05) is 0 Å². The van der Waals surface area contributed by atoms with E-state index in [2.05, 4.69) is 37.4 Å². The van der Waals surface area contributed by atoms with Crippen molar-refractivity contribution in [2.24, 2.45) is 11.8 Å². The van der Waals surface area contributed by atoms with Crippen LogP contribution in [0.4, 0.5) is 0 Å². The van der Waals surface area contributed by atoms with Crippen molar-refractivity contribution >= 4 is 0 Å². The third-order valence-corrected chi connectivity index (χ3v) is 4.85. The fourth-order valence-electron chi connectivity index (χ4n) is 3.81. The summed E-state index contributed by atoms with van der Waals surface area (Å²) in [6.45, 7) is 6.52. The van der Waals surface area contributed by atoms with Crippen LogP contribution in [0.2, 0.25) is 0 Å². The largest absolute Gasteiger partial charge is 0.493 e. The summed E-state index contributed by atoms with van der Waals surface area (Å²) in [7, 11) is 0. The molecule has 0 aromatic heterocycles. The summed E-state index contributed by atoms with van der Waals surface area (Å²) < 4.78 is 5.62. The van der Waals surface area contributed by atoms with E-state index in [0.717, 1.165) is 37.2 Å². The topological polar surface area (TPSA) is 21.3 Å². The zero-order valence-electron chi connectivity index (χ0n) is 12.1. The number of hydrogen-bond donors (Lipinski definition) is 1. The molecule has 1 aromatic rings. The van der Waals surface area contributed by atoms with E-state index in [4.69, 9.17) is 4.74 Å². The summed E-state index contributed by atoms with van der Waals surface area (Å²) in [6.07, 6.45) is 5.22. The molecule has 1 aliphatic heterocycles. The first-order valence-electron chi connectivity index (χ1n) is 7.78. The highest BCUT2D eigenvalue weighted by Crippen LogP contribution is 2.41. The van der Waals surface area contributed by atoms with Crippen LogP contribution >= 0.6 is 0 Å². The quantitative estimate of drug-likeness (QED) is 0.890. The van der Waals surface area contributed by atoms with Gasteiger partial charge >= 0.3 is 0 Å². The Balaban J connectivity index is 1.87. The summed E-state index contributed by atoms with van der Waals surface area (Å²) in [5, 5.41) is 3.72. The second-order valence-electron chi connectivity index (χ2n) is 6.07. The standard InChI is InChI=1S/C17H25NO/c1-3-18-17(15-6-4-5-12(15)2)14-7-8-16-13(11-14)9-10-19-16/h7-8,11-12,15,17-18H,3-6,9-10H2,1-2H3. The lowest BCUT2D eigenvalue weighted by Crippen LogP contribution is -2.29. The lowest BCUT2D eigenvalue weighted by molar-refractivity contribution is 0.305. The van der Waals surface area contributed by atoms with Crippen molar-refractivity contribution in [3.05, 3.63) is 29.3 Å². The summed E-state index contributed by atoms with van der Waals surface area (Å²) in [5.74, 6) is 2.73. The minimum atomic E-state index is 0.522. The predicted octanol–water partition coefficient (Wildman–Crippen LogP) is 3.71. The van der Waals surface area contributed by atoms with Crippen molar-refractivity contribution in [1.29, 1.82) is 0 Å². The molecule has 0 saturated heterocycles. The molecule has 1 fully saturated rings. The molecule has 3 atom stereocenters. The van der Waals surface area contributed by atoms with E-state index in [-0.39, 0.29) is 0 Å². The van der Waals surface area contributed by atoms with Crippen molar-refractivity contribution in [3.63, 3.8) is 0 Å². The van der Waals surface area contributed by atoms with Crippen LogP contribution in [0, 0.1) is 11.8 Å². The van der Waals surface area contributed by atoms with Crippen molar-refractivity contribution in [3.8, 4) is 5.75 Å². The van der Waals surface area contributed by atoms with Crippen LogP contribution in [0.5, 0.6) is 5.75 Å². The lowest BCUT2D eigenvalue weighted by Gasteiger charge is -2.28. The maximum absolute atomic E-state index is 5.62. The number of nitrogens with one attached hydrogen (secondary N) is 1. The van der Waals surface area contributed by atoms with Gasteiger partial charge in [0.2, 0.25) is 0 Å². The molecule has 1 heterocycles. The van der Waals surface area contributed by atoms with Crippen LogP contribution in [-0.4, -0.2) is 13.2 Å². The van der Waals surface area contributed by atoms with Gasteiger partial charge in [0.15, 0.2) is 0 Å². The summed E-state index contributed by atoms with van der Waals surface area (Å²) >= 11 is 0. The van der Waals surface area contributed by atoms with Gasteiger partial charge in [0.05, 0.1) is 6.61 Å². The van der Waals surface area contributed by atoms with E-state index < -0.39 is 0 Å². The Morgan fingerprint density at radius 3 is 3.00 bits per heavy atom. The van der Waals surface area contributed by atoms with Crippen LogP contribution in [0.3, 0.4) is 0 Å². The van der Waals surface area contributed by atoms with Gasteiger partial charge in [-0.1, -0.05) is 38.8 Å². The molecule has 3 unspecified atom stereocenters. The smallest absolute Gasteiger partial charge is 0.122 e. The predicted molar refractivity (Wildman–Crippen MR) is 78.6 cm³/mol. The van der Waals surface area contributed by atoms with E-state index >= 15 is 0 Å². The number of fused-ring (bicyclic) bond motifs is 1. The Hall–Kier alpha value is -1.02. The molecule has 3 rings (SSSR count). The molecule has 1 N–H and O–H groups in total. The molecule has 0 bridgehead atoms. The molecule has 1 aliphatic carbocycles. The molecule has 0 radical (unpaired) electrons. The Labute approximate surface area is 116 Å². The molecule has 2 nitrogen and oxygen atoms in total. The molecule has 2 aliphatic rings. The number of rotatable bonds is 4. The van der Waals surface area contributed by atoms with Crippen LogP contribution < -0.4 is 10.1 Å². The molecule has 0 amide bonds. The van der Waals surface area contributed by atoms with E-state index in [1.54, 1.807) is 0 Å². The summed E-state index contributed by atoms with van der Waals surface area (Å²) in [4.78, 5) is 0. The molecule has 2 heteroatoms. The highest BCUT2D eigenvalue weighted by molar-refractivity contribution is 5.41. The molecular formula is C17H25NO. The molecular weight excluding hydrogens is 234 g/mol. The Morgan fingerprint density at radius 1 is 1.37 bits per heavy atom. The SMILES string of the molecule is CCNC(c1ccc2c(c1)CCO2)C1CCCC1C. The van der Waals surface area contributed by atoms with Gasteiger partial charge in [-0.15, -0.1) is 0 Å². The van der Waals surface area contributed by atoms with Crippen molar-refractivity contribution < 1.29 is 4.74 Å². The van der Waals surface area contributed by atoms with Gasteiger partial charge in [0.1, 0.15) is 5.75 Å². The average Bonchev–Trinajstić information content (AvgIpc) is 3.03. The first kappa shape index (κ1) is 13.0. The van der Waals surface area contributed by atoms with Gasteiger partial charge in [0, 0.05) is 12.5 Å². The van der Waals surface area contributed by atoms with E-state index in [0.29, 0.717) is 6.04 Å². The van der Waals surface area contributed by atoms with Gasteiger partial charge in [-0.05, 0) is 42.0 Å². The lowest BCUT2D eigenvalue weighted by atomic mass is 9.85. The first-order chi connectivity index (χ1) is 9.29. The zero-order valence-corrected chi connectivity index (χ0v) is 12.1. The van der Waals surface area contributed by atoms with Gasteiger partial charge in [0.25, 0.3) is 0 Å². The molecule has 19 heavy (non-hydrogen) atoms. The highest BCUT2D eigenvalue weighted by atomic mass is 16.5. The maximum atomic E-state index is 5.62. The van der Waals surface area contributed by atoms with Crippen LogP contribution in [-0.2, 0) is 6.42 Å². The monoisotopic (exact) mass is 259 g/mol. The Morgan fingerprint density at radius 2 is 2.26 bits per heavy atom. The third kappa shape index (κ3) is 2.51. The average molecular weight is 259 g/mol. The van der Waals surface area contributed by atoms with Gasteiger partial charge < -0.3 is 10.1 Å². The normalized spacial score (nSPS) is 27.1. The minimum absolute atomic E-state index is 0.522. The molecule has 1 aromatic carbocycles. The second-order valence-corrected chi connectivity index (χ2v) is 6.07. The minimum Gasteiger partial charge on any atom is -0.493 e. The molecule has 1 saturated carbocycles. The van der Waals surface area contributed by atoms with Crippen LogP contribution in [0.1, 0.15) is 50.3 Å². The number of hydrogen-bond acceptors (Lipinski definition) is 2. The number of ether oxygens (including phenoxy) is 1. The molecule has 0 spiro atoms. The summed E-state index contributed by atoms with van der Waals surface area (Å²) in [6, 6.07) is 7.33. The van der Waals surface area contributed by atoms with E-state index in [1.165, 1.54) is 30.4 Å². The molecule has 104 valence electrons. The van der Waals surface area contributed by atoms with Crippen LogP contribution in [0.15, 0.2) is 18.2 Å². The van der Waals surface area contributed by atoms with Gasteiger partial charge in [-0.3, -0.25) is 0 Å².